The second-order valence-electron chi connectivity index (χ2n) is 6.43. The second-order valence-corrected chi connectivity index (χ2v) is 9.48. The lowest BCUT2D eigenvalue weighted by Gasteiger charge is -2.36. The van der Waals surface area contributed by atoms with E-state index in [9.17, 15) is 14.4 Å². The van der Waals surface area contributed by atoms with Gasteiger partial charge in [0.25, 0.3) is 11.5 Å². The molecule has 0 saturated carbocycles. The maximum atomic E-state index is 13.3. The zero-order chi connectivity index (χ0) is 21.7. The van der Waals surface area contributed by atoms with Gasteiger partial charge in [-0.25, -0.2) is 4.98 Å². The SMILES string of the molecule is Cc1nc2c(Br)cc(Br)cc2c(=O)n1N1C(=O)CC(=O)N(c2ccc(Br)cc2)C1=S. The van der Waals surface area contributed by atoms with Gasteiger partial charge in [-0.05, 0) is 71.5 Å². The summed E-state index contributed by atoms with van der Waals surface area (Å²) in [5, 5.41) is 1.22. The molecule has 2 aromatic carbocycles. The lowest BCUT2D eigenvalue weighted by atomic mass is 10.2. The van der Waals surface area contributed by atoms with Crippen LogP contribution in [0.25, 0.3) is 10.9 Å². The number of rotatable bonds is 2. The van der Waals surface area contributed by atoms with Gasteiger partial charge in [-0.3, -0.25) is 19.3 Å². The number of fused-ring (bicyclic) bond motifs is 1. The van der Waals surface area contributed by atoms with Crippen LogP contribution in [0.4, 0.5) is 5.69 Å². The quantitative estimate of drug-likeness (QED) is 0.320. The molecule has 0 unspecified atom stereocenters. The van der Waals surface area contributed by atoms with Crippen LogP contribution in [0, 0.1) is 6.92 Å². The number of carbonyl (C=O) groups is 2. The van der Waals surface area contributed by atoms with Crippen molar-refractivity contribution >= 4 is 93.5 Å². The molecular weight excluding hydrogens is 604 g/mol. The van der Waals surface area contributed by atoms with E-state index in [1.54, 1.807) is 43.3 Å². The van der Waals surface area contributed by atoms with Gasteiger partial charge >= 0.3 is 0 Å². The van der Waals surface area contributed by atoms with E-state index in [0.29, 0.717) is 25.5 Å². The predicted molar refractivity (Wildman–Crippen MR) is 128 cm³/mol. The van der Waals surface area contributed by atoms with E-state index in [4.69, 9.17) is 12.2 Å². The Morgan fingerprint density at radius 2 is 1.63 bits per heavy atom. The number of anilines is 1. The van der Waals surface area contributed by atoms with Crippen LogP contribution in [0.5, 0.6) is 0 Å². The van der Waals surface area contributed by atoms with Crippen LogP contribution in [-0.4, -0.2) is 26.6 Å². The Labute approximate surface area is 201 Å². The highest BCUT2D eigenvalue weighted by Crippen LogP contribution is 2.27. The molecule has 1 aliphatic rings. The van der Waals surface area contributed by atoms with Crippen molar-refractivity contribution < 1.29 is 9.59 Å². The third-order valence-electron chi connectivity index (χ3n) is 4.48. The maximum absolute atomic E-state index is 13.3. The molecule has 2 heterocycles. The summed E-state index contributed by atoms with van der Waals surface area (Å²) in [7, 11) is 0. The number of hydrogen-bond acceptors (Lipinski definition) is 5. The smallest absolute Gasteiger partial charge is 0.273 e. The van der Waals surface area contributed by atoms with Gasteiger partial charge < -0.3 is 0 Å². The van der Waals surface area contributed by atoms with E-state index in [0.717, 1.165) is 14.2 Å². The molecule has 2 amide bonds. The zero-order valence-electron chi connectivity index (χ0n) is 15.2. The van der Waals surface area contributed by atoms with Crippen LogP contribution in [0.2, 0.25) is 0 Å². The summed E-state index contributed by atoms with van der Waals surface area (Å²) in [6, 6.07) is 10.3. The average molecular weight is 615 g/mol. The summed E-state index contributed by atoms with van der Waals surface area (Å²) < 4.78 is 3.26. The average Bonchev–Trinajstić information content (AvgIpc) is 2.66. The monoisotopic (exact) mass is 612 g/mol. The summed E-state index contributed by atoms with van der Waals surface area (Å²) in [5.41, 5.74) is 0.490. The van der Waals surface area contributed by atoms with Crippen molar-refractivity contribution in [3.8, 4) is 0 Å². The van der Waals surface area contributed by atoms with Gasteiger partial charge in [0.15, 0.2) is 0 Å². The Kier molecular flexibility index (Phi) is 5.64. The van der Waals surface area contributed by atoms with E-state index in [2.05, 4.69) is 52.8 Å². The number of benzene rings is 2. The van der Waals surface area contributed by atoms with Gasteiger partial charge in [-0.15, -0.1) is 0 Å². The minimum absolute atomic E-state index is 0.112. The van der Waals surface area contributed by atoms with Crippen LogP contribution in [-0.2, 0) is 9.59 Å². The van der Waals surface area contributed by atoms with Gasteiger partial charge in [0.1, 0.15) is 12.2 Å². The molecule has 4 rings (SSSR count). The normalized spacial score (nSPS) is 14.7. The van der Waals surface area contributed by atoms with Gasteiger partial charge in [0.2, 0.25) is 11.0 Å². The van der Waals surface area contributed by atoms with Gasteiger partial charge in [0, 0.05) is 13.4 Å². The van der Waals surface area contributed by atoms with E-state index in [1.807, 2.05) is 0 Å². The van der Waals surface area contributed by atoms with Crippen molar-refractivity contribution in [1.82, 2.24) is 9.66 Å². The number of amides is 2. The first-order valence-corrected chi connectivity index (χ1v) is 11.3. The molecule has 0 spiro atoms. The lowest BCUT2D eigenvalue weighted by Crippen LogP contribution is -2.62. The topological polar surface area (TPSA) is 75.5 Å². The number of halogens is 3. The highest BCUT2D eigenvalue weighted by molar-refractivity contribution is 9.11. The number of thiocarbonyl (C=S) groups is 1. The Morgan fingerprint density at radius 3 is 2.30 bits per heavy atom. The van der Waals surface area contributed by atoms with Crippen LogP contribution < -0.4 is 15.5 Å². The van der Waals surface area contributed by atoms with Crippen molar-refractivity contribution in [2.24, 2.45) is 0 Å². The Balaban J connectivity index is 1.90. The fourth-order valence-electron chi connectivity index (χ4n) is 3.18. The number of nitrogens with zero attached hydrogens (tertiary/aromatic N) is 4. The number of aromatic nitrogens is 2. The molecular formula is C19H11Br3N4O3S. The first-order chi connectivity index (χ1) is 14.2. The van der Waals surface area contributed by atoms with Crippen molar-refractivity contribution in [3.63, 3.8) is 0 Å². The third-order valence-corrected chi connectivity index (χ3v) is 6.42. The van der Waals surface area contributed by atoms with Crippen molar-refractivity contribution in [3.05, 3.63) is 66.0 Å². The second kappa shape index (κ2) is 7.95. The summed E-state index contributed by atoms with van der Waals surface area (Å²) in [6.07, 6.45) is -0.428. The number of carbonyl (C=O) groups excluding carboxylic acids is 2. The van der Waals surface area contributed by atoms with E-state index in [-0.39, 0.29) is 10.9 Å². The molecule has 0 radical (unpaired) electrons. The maximum Gasteiger partial charge on any atom is 0.281 e. The van der Waals surface area contributed by atoms with Crippen molar-refractivity contribution in [2.45, 2.75) is 13.3 Å². The van der Waals surface area contributed by atoms with Crippen LogP contribution in [0.15, 0.2) is 54.6 Å². The van der Waals surface area contributed by atoms with E-state index >= 15 is 0 Å². The molecule has 11 heteroatoms. The fraction of sp³-hybridized carbons (Fsp3) is 0.105. The zero-order valence-corrected chi connectivity index (χ0v) is 20.8. The Bertz CT molecular complexity index is 1310. The standard InChI is InChI=1S/C19H11Br3N4O3S/c1-9-23-17-13(6-11(21)7-14(17)22)18(29)25(9)26-16(28)8-15(27)24(19(26)30)12-4-2-10(20)3-5-12/h2-7H,8H2,1H3. The summed E-state index contributed by atoms with van der Waals surface area (Å²) in [6.45, 7) is 1.60. The number of aryl methyl sites for hydroxylation is 1. The summed E-state index contributed by atoms with van der Waals surface area (Å²) >= 11 is 15.6. The first-order valence-electron chi connectivity index (χ1n) is 8.53. The molecule has 1 fully saturated rings. The molecule has 30 heavy (non-hydrogen) atoms. The Hall–Kier alpha value is -1.95. The predicted octanol–water partition coefficient (Wildman–Crippen LogP) is 4.18. The fourth-order valence-corrected chi connectivity index (χ4v) is 5.15. The molecule has 0 N–H and O–H groups in total. The third kappa shape index (κ3) is 3.53. The minimum Gasteiger partial charge on any atom is -0.273 e. The van der Waals surface area contributed by atoms with Gasteiger partial charge in [-0.2, -0.15) is 9.69 Å². The highest BCUT2D eigenvalue weighted by Gasteiger charge is 2.38. The molecule has 7 nitrogen and oxygen atoms in total. The lowest BCUT2D eigenvalue weighted by molar-refractivity contribution is -0.127. The molecule has 1 aromatic heterocycles. The largest absolute Gasteiger partial charge is 0.281 e. The highest BCUT2D eigenvalue weighted by atomic mass is 79.9. The molecule has 3 aromatic rings. The molecule has 1 aliphatic heterocycles. The summed E-state index contributed by atoms with van der Waals surface area (Å²) in [4.78, 5) is 44.5. The minimum atomic E-state index is -0.598. The first kappa shape index (κ1) is 21.3. The molecule has 152 valence electrons. The van der Waals surface area contributed by atoms with Gasteiger partial charge in [0.05, 0.1) is 16.6 Å². The van der Waals surface area contributed by atoms with Crippen molar-refractivity contribution in [1.29, 1.82) is 0 Å². The Morgan fingerprint density at radius 1 is 0.967 bits per heavy atom. The van der Waals surface area contributed by atoms with E-state index in [1.165, 1.54) is 4.90 Å². The van der Waals surface area contributed by atoms with Crippen LogP contribution in [0.1, 0.15) is 12.2 Å². The van der Waals surface area contributed by atoms with E-state index < -0.39 is 23.8 Å². The molecule has 1 saturated heterocycles. The molecule has 0 aliphatic carbocycles. The van der Waals surface area contributed by atoms with Gasteiger partial charge in [-0.1, -0.05) is 31.9 Å². The molecule has 0 atom stereocenters. The number of hydrogen-bond donors (Lipinski definition) is 0. The van der Waals surface area contributed by atoms with Crippen LogP contribution in [0.3, 0.4) is 0 Å². The molecule has 0 bridgehead atoms. The van der Waals surface area contributed by atoms with Crippen LogP contribution >= 0.6 is 60.0 Å². The summed E-state index contributed by atoms with van der Waals surface area (Å²) in [5.74, 6) is -0.802. The van der Waals surface area contributed by atoms with Crippen molar-refractivity contribution in [2.75, 3.05) is 9.91 Å².